The van der Waals surface area contributed by atoms with Crippen LogP contribution in [0.1, 0.15) is 46.5 Å². The molecule has 2 aliphatic rings. The molecule has 94 valence electrons. The van der Waals surface area contributed by atoms with Crippen molar-refractivity contribution in [2.45, 2.75) is 58.5 Å². The number of likely N-dealkylation sites (tertiary alicyclic amines) is 1. The van der Waals surface area contributed by atoms with E-state index in [-0.39, 0.29) is 0 Å². The van der Waals surface area contributed by atoms with Crippen LogP contribution >= 0.6 is 0 Å². The van der Waals surface area contributed by atoms with E-state index in [1.54, 1.807) is 0 Å². The molecule has 0 spiro atoms. The number of hydrogen-bond acceptors (Lipinski definition) is 2. The van der Waals surface area contributed by atoms with Crippen LogP contribution in [0.4, 0.5) is 0 Å². The van der Waals surface area contributed by atoms with Gasteiger partial charge in [-0.15, -0.1) is 0 Å². The molecule has 0 aromatic rings. The number of nitrogens with one attached hydrogen (secondary N) is 1. The summed E-state index contributed by atoms with van der Waals surface area (Å²) in [6, 6.07) is 1.62. The highest BCUT2D eigenvalue weighted by Crippen LogP contribution is 2.24. The van der Waals surface area contributed by atoms with Crippen molar-refractivity contribution in [2.24, 2.45) is 11.8 Å². The van der Waals surface area contributed by atoms with Crippen LogP contribution < -0.4 is 5.32 Å². The van der Waals surface area contributed by atoms with Crippen LogP contribution in [0.3, 0.4) is 0 Å². The van der Waals surface area contributed by atoms with E-state index in [4.69, 9.17) is 0 Å². The van der Waals surface area contributed by atoms with Gasteiger partial charge in [0.15, 0.2) is 0 Å². The molecular weight excluding hydrogens is 196 g/mol. The van der Waals surface area contributed by atoms with Crippen LogP contribution in [0.25, 0.3) is 0 Å². The molecule has 2 fully saturated rings. The van der Waals surface area contributed by atoms with E-state index >= 15 is 0 Å². The SMILES string of the molecule is CCC(CNC1CC1)N1CC(C)CC(C)C1. The van der Waals surface area contributed by atoms with Crippen molar-refractivity contribution in [1.29, 1.82) is 0 Å². The molecule has 1 saturated heterocycles. The lowest BCUT2D eigenvalue weighted by molar-refractivity contribution is 0.0921. The van der Waals surface area contributed by atoms with E-state index in [0.717, 1.165) is 23.9 Å². The summed E-state index contributed by atoms with van der Waals surface area (Å²) in [5.74, 6) is 1.78. The summed E-state index contributed by atoms with van der Waals surface area (Å²) < 4.78 is 0. The van der Waals surface area contributed by atoms with Gasteiger partial charge >= 0.3 is 0 Å². The van der Waals surface area contributed by atoms with Crippen LogP contribution in [0, 0.1) is 11.8 Å². The zero-order chi connectivity index (χ0) is 11.5. The van der Waals surface area contributed by atoms with Gasteiger partial charge in [0.1, 0.15) is 0 Å². The largest absolute Gasteiger partial charge is 0.312 e. The molecule has 0 bridgehead atoms. The Bertz CT molecular complexity index is 203. The van der Waals surface area contributed by atoms with Crippen LogP contribution in [-0.2, 0) is 0 Å². The maximum absolute atomic E-state index is 3.69. The van der Waals surface area contributed by atoms with Crippen molar-refractivity contribution < 1.29 is 0 Å². The Labute approximate surface area is 101 Å². The van der Waals surface area contributed by atoms with Gasteiger partial charge < -0.3 is 5.32 Å². The Morgan fingerprint density at radius 1 is 1.19 bits per heavy atom. The van der Waals surface area contributed by atoms with Crippen LogP contribution in [0.15, 0.2) is 0 Å². The van der Waals surface area contributed by atoms with Gasteiger partial charge in [-0.05, 0) is 37.5 Å². The summed E-state index contributed by atoms with van der Waals surface area (Å²) in [5, 5.41) is 3.69. The Morgan fingerprint density at radius 3 is 2.31 bits per heavy atom. The molecule has 2 heteroatoms. The maximum atomic E-state index is 3.69. The highest BCUT2D eigenvalue weighted by Gasteiger charge is 2.28. The fraction of sp³-hybridized carbons (Fsp3) is 1.00. The number of rotatable bonds is 5. The zero-order valence-corrected chi connectivity index (χ0v) is 11.2. The van der Waals surface area contributed by atoms with Crippen LogP contribution in [0.5, 0.6) is 0 Å². The molecule has 0 amide bonds. The van der Waals surface area contributed by atoms with Crippen molar-refractivity contribution in [3.05, 3.63) is 0 Å². The first kappa shape index (κ1) is 12.4. The van der Waals surface area contributed by atoms with E-state index in [0.29, 0.717) is 0 Å². The maximum Gasteiger partial charge on any atom is 0.0218 e. The van der Waals surface area contributed by atoms with Crippen molar-refractivity contribution in [3.8, 4) is 0 Å². The fourth-order valence-electron chi connectivity index (χ4n) is 3.13. The minimum atomic E-state index is 0.769. The van der Waals surface area contributed by atoms with Gasteiger partial charge in [0.05, 0.1) is 0 Å². The van der Waals surface area contributed by atoms with Crippen molar-refractivity contribution in [2.75, 3.05) is 19.6 Å². The summed E-state index contributed by atoms with van der Waals surface area (Å²) in [6.45, 7) is 11.0. The predicted octanol–water partition coefficient (Wildman–Crippen LogP) is 2.49. The summed E-state index contributed by atoms with van der Waals surface area (Å²) in [7, 11) is 0. The van der Waals surface area contributed by atoms with E-state index in [1.807, 2.05) is 0 Å². The Balaban J connectivity index is 1.80. The van der Waals surface area contributed by atoms with Crippen LogP contribution in [0.2, 0.25) is 0 Å². The Morgan fingerprint density at radius 2 is 1.81 bits per heavy atom. The first-order chi connectivity index (χ1) is 7.69. The second-order valence-electron chi connectivity index (χ2n) is 6.14. The van der Waals surface area contributed by atoms with Gasteiger partial charge in [-0.25, -0.2) is 0 Å². The van der Waals surface area contributed by atoms with Gasteiger partial charge in [0.25, 0.3) is 0 Å². The first-order valence-corrected chi connectivity index (χ1v) is 7.16. The highest BCUT2D eigenvalue weighted by molar-refractivity contribution is 4.86. The Hall–Kier alpha value is -0.0800. The number of nitrogens with zero attached hydrogens (tertiary/aromatic N) is 1. The summed E-state index contributed by atoms with van der Waals surface area (Å²) in [6.07, 6.45) is 5.52. The molecular formula is C14H28N2. The molecule has 1 aliphatic heterocycles. The van der Waals surface area contributed by atoms with Gasteiger partial charge in [-0.1, -0.05) is 20.8 Å². The summed E-state index contributed by atoms with van der Waals surface area (Å²) in [5.41, 5.74) is 0. The smallest absolute Gasteiger partial charge is 0.0218 e. The molecule has 2 nitrogen and oxygen atoms in total. The molecule has 2 rings (SSSR count). The lowest BCUT2D eigenvalue weighted by Crippen LogP contribution is -2.49. The lowest BCUT2D eigenvalue weighted by Gasteiger charge is -2.40. The molecule has 0 radical (unpaired) electrons. The molecule has 1 aliphatic carbocycles. The third-order valence-electron chi connectivity index (χ3n) is 4.10. The summed E-state index contributed by atoms with van der Waals surface area (Å²) >= 11 is 0. The van der Waals surface area contributed by atoms with Crippen molar-refractivity contribution in [3.63, 3.8) is 0 Å². The minimum Gasteiger partial charge on any atom is -0.312 e. The van der Waals surface area contributed by atoms with Gasteiger partial charge in [0.2, 0.25) is 0 Å². The average molecular weight is 224 g/mol. The average Bonchev–Trinajstić information content (AvgIpc) is 3.01. The van der Waals surface area contributed by atoms with Crippen molar-refractivity contribution in [1.82, 2.24) is 10.2 Å². The fourth-order valence-corrected chi connectivity index (χ4v) is 3.13. The number of hydrogen-bond donors (Lipinski definition) is 1. The second kappa shape index (κ2) is 5.50. The lowest BCUT2D eigenvalue weighted by atomic mass is 9.90. The summed E-state index contributed by atoms with van der Waals surface area (Å²) in [4.78, 5) is 2.73. The standard InChI is InChI=1S/C14H28N2/c1-4-14(8-15-13-5-6-13)16-9-11(2)7-12(3)10-16/h11-15H,4-10H2,1-3H3. The second-order valence-corrected chi connectivity index (χ2v) is 6.14. The molecule has 0 aromatic carbocycles. The molecule has 1 saturated carbocycles. The molecule has 1 N–H and O–H groups in total. The molecule has 3 atom stereocenters. The van der Waals surface area contributed by atoms with Crippen LogP contribution in [-0.4, -0.2) is 36.6 Å². The van der Waals surface area contributed by atoms with E-state index in [2.05, 4.69) is 31.0 Å². The Kier molecular flexibility index (Phi) is 4.26. The van der Waals surface area contributed by atoms with Crippen molar-refractivity contribution >= 4 is 0 Å². The topological polar surface area (TPSA) is 15.3 Å². The van der Waals surface area contributed by atoms with E-state index in [9.17, 15) is 0 Å². The van der Waals surface area contributed by atoms with Gasteiger partial charge in [-0.2, -0.15) is 0 Å². The normalized spacial score (nSPS) is 33.9. The highest BCUT2D eigenvalue weighted by atomic mass is 15.2. The van der Waals surface area contributed by atoms with Gasteiger partial charge in [0, 0.05) is 31.7 Å². The molecule has 3 unspecified atom stereocenters. The molecule has 0 aromatic heterocycles. The third-order valence-corrected chi connectivity index (χ3v) is 4.10. The molecule has 16 heavy (non-hydrogen) atoms. The zero-order valence-electron chi connectivity index (χ0n) is 11.2. The monoisotopic (exact) mass is 224 g/mol. The predicted molar refractivity (Wildman–Crippen MR) is 69.6 cm³/mol. The number of piperidine rings is 1. The quantitative estimate of drug-likeness (QED) is 0.772. The minimum absolute atomic E-state index is 0.769. The van der Waals surface area contributed by atoms with E-state index < -0.39 is 0 Å². The molecule has 1 heterocycles. The third kappa shape index (κ3) is 3.46. The van der Waals surface area contributed by atoms with Gasteiger partial charge in [-0.3, -0.25) is 4.90 Å². The first-order valence-electron chi connectivity index (χ1n) is 7.16. The van der Waals surface area contributed by atoms with E-state index in [1.165, 1.54) is 45.3 Å².